The van der Waals surface area contributed by atoms with Crippen molar-refractivity contribution in [1.82, 2.24) is 9.97 Å². The monoisotopic (exact) mass is 451 g/mol. The SMILES string of the molecule is CCOP(=O)(OCC)c1ccc(C=NNc2nc(-c3ccccc3)c(C#N)c(=O)[nH]2)cc1. The fourth-order valence-corrected chi connectivity index (χ4v) is 4.44. The molecule has 0 radical (unpaired) electrons. The molecule has 0 aliphatic rings. The van der Waals surface area contributed by atoms with E-state index in [4.69, 9.17) is 9.05 Å². The van der Waals surface area contributed by atoms with Crippen LogP contribution in [0.3, 0.4) is 0 Å². The van der Waals surface area contributed by atoms with Crippen molar-refractivity contribution < 1.29 is 13.6 Å². The normalized spacial score (nSPS) is 11.4. The average Bonchev–Trinajstić information content (AvgIpc) is 2.80. The van der Waals surface area contributed by atoms with Crippen molar-refractivity contribution in [3.8, 4) is 17.3 Å². The van der Waals surface area contributed by atoms with E-state index in [1.807, 2.05) is 12.1 Å². The van der Waals surface area contributed by atoms with E-state index in [1.54, 1.807) is 62.4 Å². The first-order valence-corrected chi connectivity index (χ1v) is 11.4. The van der Waals surface area contributed by atoms with Gasteiger partial charge >= 0.3 is 7.60 Å². The second-order valence-electron chi connectivity index (χ2n) is 6.41. The molecule has 0 saturated carbocycles. The standard InChI is InChI=1S/C22H22N5O4P/c1-3-30-32(29,31-4-2)18-12-10-16(11-13-18)15-24-27-22-25-20(17-8-6-5-7-9-17)19(14-23)21(28)26-22/h5-13,15H,3-4H2,1-2H3,(H2,25,26,27,28). The molecule has 10 heteroatoms. The summed E-state index contributed by atoms with van der Waals surface area (Å²) >= 11 is 0. The topological polar surface area (TPSA) is 129 Å². The summed E-state index contributed by atoms with van der Waals surface area (Å²) in [5.41, 5.74) is 3.65. The zero-order chi connectivity index (χ0) is 23.0. The number of anilines is 1. The van der Waals surface area contributed by atoms with E-state index >= 15 is 0 Å². The van der Waals surface area contributed by atoms with Crippen LogP contribution in [0.15, 0.2) is 64.5 Å². The summed E-state index contributed by atoms with van der Waals surface area (Å²) in [6.07, 6.45) is 1.51. The predicted octanol–water partition coefficient (Wildman–Crippen LogP) is 3.65. The van der Waals surface area contributed by atoms with Gasteiger partial charge in [0.25, 0.3) is 5.56 Å². The van der Waals surface area contributed by atoms with Crippen molar-refractivity contribution in [3.63, 3.8) is 0 Å². The van der Waals surface area contributed by atoms with E-state index in [9.17, 15) is 14.6 Å². The highest BCUT2D eigenvalue weighted by atomic mass is 31.2. The van der Waals surface area contributed by atoms with Crippen molar-refractivity contribution in [1.29, 1.82) is 5.26 Å². The van der Waals surface area contributed by atoms with E-state index in [2.05, 4.69) is 20.5 Å². The molecule has 2 N–H and O–H groups in total. The van der Waals surface area contributed by atoms with Gasteiger partial charge in [0.2, 0.25) is 5.95 Å². The maximum absolute atomic E-state index is 12.8. The van der Waals surface area contributed by atoms with Crippen molar-refractivity contribution in [2.75, 3.05) is 18.6 Å². The highest BCUT2D eigenvalue weighted by Gasteiger charge is 2.26. The lowest BCUT2D eigenvalue weighted by Crippen LogP contribution is -2.16. The minimum atomic E-state index is -3.35. The highest BCUT2D eigenvalue weighted by molar-refractivity contribution is 7.62. The van der Waals surface area contributed by atoms with Gasteiger partial charge in [-0.1, -0.05) is 42.5 Å². The Morgan fingerprint density at radius 2 is 1.78 bits per heavy atom. The molecule has 0 bridgehead atoms. The van der Waals surface area contributed by atoms with Gasteiger partial charge in [-0.25, -0.2) is 10.4 Å². The number of benzene rings is 2. The maximum atomic E-state index is 12.8. The number of rotatable bonds is 9. The number of nitrogens with zero attached hydrogens (tertiary/aromatic N) is 3. The molecule has 0 aliphatic heterocycles. The second-order valence-corrected chi connectivity index (χ2v) is 8.44. The second kappa shape index (κ2) is 10.6. The van der Waals surface area contributed by atoms with E-state index in [0.29, 0.717) is 16.4 Å². The van der Waals surface area contributed by atoms with Gasteiger partial charge in [-0.15, -0.1) is 0 Å². The van der Waals surface area contributed by atoms with Crippen LogP contribution in [0.1, 0.15) is 25.0 Å². The van der Waals surface area contributed by atoms with Gasteiger partial charge in [0.15, 0.2) is 0 Å². The summed E-state index contributed by atoms with van der Waals surface area (Å²) in [6.45, 7) is 4.04. The Kier molecular flexibility index (Phi) is 7.68. The van der Waals surface area contributed by atoms with Gasteiger partial charge in [0.05, 0.1) is 30.4 Å². The molecule has 0 atom stereocenters. The van der Waals surface area contributed by atoms with Crippen LogP contribution in [0.4, 0.5) is 5.95 Å². The van der Waals surface area contributed by atoms with Crippen LogP contribution < -0.4 is 16.3 Å². The summed E-state index contributed by atoms with van der Waals surface area (Å²) in [7, 11) is -3.35. The fraction of sp³-hybridized carbons (Fsp3) is 0.182. The van der Waals surface area contributed by atoms with Gasteiger partial charge in [-0.05, 0) is 31.5 Å². The van der Waals surface area contributed by atoms with Crippen LogP contribution in [0.2, 0.25) is 0 Å². The molecule has 3 rings (SSSR count). The first kappa shape index (κ1) is 23.1. The molecule has 3 aromatic rings. The quantitative estimate of drug-likeness (QED) is 0.289. The Morgan fingerprint density at radius 1 is 1.12 bits per heavy atom. The summed E-state index contributed by atoms with van der Waals surface area (Å²) in [4.78, 5) is 19.1. The third-order valence-electron chi connectivity index (χ3n) is 4.27. The van der Waals surface area contributed by atoms with Crippen LogP contribution in [-0.2, 0) is 13.6 Å². The number of nitrogens with one attached hydrogen (secondary N) is 2. The molecule has 32 heavy (non-hydrogen) atoms. The molecule has 0 fully saturated rings. The summed E-state index contributed by atoms with van der Waals surface area (Å²) < 4.78 is 23.5. The van der Waals surface area contributed by atoms with Gasteiger partial charge in [0, 0.05) is 5.56 Å². The third-order valence-corrected chi connectivity index (χ3v) is 6.40. The first-order chi connectivity index (χ1) is 15.5. The third kappa shape index (κ3) is 5.37. The summed E-state index contributed by atoms with van der Waals surface area (Å²) in [6, 6.07) is 17.6. The van der Waals surface area contributed by atoms with Gasteiger partial charge in [-0.2, -0.15) is 10.4 Å². The molecule has 0 aliphatic carbocycles. The number of nitriles is 1. The summed E-state index contributed by atoms with van der Waals surface area (Å²) in [5, 5.41) is 13.9. The molecule has 0 unspecified atom stereocenters. The fourth-order valence-electron chi connectivity index (χ4n) is 2.87. The largest absolute Gasteiger partial charge is 0.361 e. The highest BCUT2D eigenvalue weighted by Crippen LogP contribution is 2.46. The van der Waals surface area contributed by atoms with E-state index in [1.165, 1.54) is 6.21 Å². The van der Waals surface area contributed by atoms with E-state index in [-0.39, 0.29) is 30.4 Å². The number of aromatic amines is 1. The average molecular weight is 451 g/mol. The van der Waals surface area contributed by atoms with E-state index < -0.39 is 13.2 Å². The number of hydrazone groups is 1. The Morgan fingerprint density at radius 3 is 2.38 bits per heavy atom. The molecular formula is C22H22N5O4P. The number of hydrogen-bond donors (Lipinski definition) is 2. The summed E-state index contributed by atoms with van der Waals surface area (Å²) in [5.74, 6) is 0.0953. The Hall–Kier alpha value is -3.57. The molecular weight excluding hydrogens is 429 g/mol. The van der Waals surface area contributed by atoms with Crippen LogP contribution in [0.5, 0.6) is 0 Å². The van der Waals surface area contributed by atoms with Crippen molar-refractivity contribution in [2.24, 2.45) is 5.10 Å². The zero-order valence-corrected chi connectivity index (χ0v) is 18.5. The van der Waals surface area contributed by atoms with Crippen molar-refractivity contribution in [3.05, 3.63) is 76.1 Å². The first-order valence-electron chi connectivity index (χ1n) is 9.89. The van der Waals surface area contributed by atoms with Crippen molar-refractivity contribution in [2.45, 2.75) is 13.8 Å². The molecule has 164 valence electrons. The molecule has 9 nitrogen and oxygen atoms in total. The van der Waals surface area contributed by atoms with Crippen LogP contribution >= 0.6 is 7.60 Å². The number of hydrogen-bond acceptors (Lipinski definition) is 8. The van der Waals surface area contributed by atoms with Crippen LogP contribution in [0.25, 0.3) is 11.3 Å². The smallest absolute Gasteiger partial charge is 0.305 e. The Labute approximate surface area is 185 Å². The molecule has 2 aromatic carbocycles. The van der Waals surface area contributed by atoms with Crippen LogP contribution in [0, 0.1) is 11.3 Å². The molecule has 0 spiro atoms. The Balaban J connectivity index is 1.79. The molecule has 0 amide bonds. The minimum Gasteiger partial charge on any atom is -0.305 e. The lowest BCUT2D eigenvalue weighted by molar-refractivity contribution is 0.230. The molecule has 1 aromatic heterocycles. The number of aromatic nitrogens is 2. The van der Waals surface area contributed by atoms with Crippen molar-refractivity contribution >= 4 is 25.1 Å². The van der Waals surface area contributed by atoms with Crippen LogP contribution in [-0.4, -0.2) is 29.4 Å². The van der Waals surface area contributed by atoms with Gasteiger partial charge in [0.1, 0.15) is 11.6 Å². The Bertz CT molecular complexity index is 1220. The molecule has 1 heterocycles. The minimum absolute atomic E-state index is 0.0747. The lowest BCUT2D eigenvalue weighted by Gasteiger charge is -2.17. The molecule has 0 saturated heterocycles. The zero-order valence-electron chi connectivity index (χ0n) is 17.6. The lowest BCUT2D eigenvalue weighted by atomic mass is 10.1. The number of H-pyrrole nitrogens is 1. The van der Waals surface area contributed by atoms with Gasteiger partial charge < -0.3 is 9.05 Å². The predicted molar refractivity (Wildman–Crippen MR) is 123 cm³/mol. The maximum Gasteiger partial charge on any atom is 0.361 e. The van der Waals surface area contributed by atoms with E-state index in [0.717, 1.165) is 0 Å². The van der Waals surface area contributed by atoms with Gasteiger partial charge in [-0.3, -0.25) is 14.3 Å².